The summed E-state index contributed by atoms with van der Waals surface area (Å²) >= 11 is 0. The van der Waals surface area contributed by atoms with Crippen LogP contribution >= 0.6 is 0 Å². The second-order valence-electron chi connectivity index (χ2n) is 3.07. The smallest absolute Gasteiger partial charge is 0.0626 e. The van der Waals surface area contributed by atoms with Gasteiger partial charge in [-0.2, -0.15) is 0 Å². The molecule has 0 aliphatic carbocycles. The predicted molar refractivity (Wildman–Crippen MR) is 51.0 cm³/mol. The fourth-order valence-electron chi connectivity index (χ4n) is 1.46. The molecule has 0 saturated carbocycles. The van der Waals surface area contributed by atoms with Crippen molar-refractivity contribution in [2.24, 2.45) is 0 Å². The Morgan fingerprint density at radius 1 is 1.42 bits per heavy atom. The molecule has 1 aliphatic rings. The molecule has 64 valence electrons. The zero-order valence-corrected chi connectivity index (χ0v) is 7.09. The summed E-state index contributed by atoms with van der Waals surface area (Å²) in [5.74, 6) is 0. The molecule has 1 heterocycles. The Labute approximate surface area is 78.2 Å². The van der Waals surface area contributed by atoms with Crippen LogP contribution in [0.5, 0.6) is 0 Å². The largest absolute Gasteiger partial charge is 0.299 e. The molecular weight excluding hydrogens is 146 g/mol. The standard InChI is InChI=1S/C11H15N/c1-2-6-11(7-3-1)10-12-8-4-5-9-12/h1-3,6-7H,4-5,8-10H2/i6D,8D2. The Balaban J connectivity index is 2.12. The maximum Gasteiger partial charge on any atom is 0.0626 e. The highest BCUT2D eigenvalue weighted by molar-refractivity contribution is 5.14. The SMILES string of the molecule is [2H]c1ccccc1CN1CCCC1([2H])[2H]. The van der Waals surface area contributed by atoms with Gasteiger partial charge in [-0.05, 0) is 31.4 Å². The summed E-state index contributed by atoms with van der Waals surface area (Å²) in [7, 11) is 0. The third kappa shape index (κ3) is 1.86. The van der Waals surface area contributed by atoms with Gasteiger partial charge in [-0.1, -0.05) is 30.3 Å². The van der Waals surface area contributed by atoms with E-state index in [-0.39, 0.29) is 0 Å². The van der Waals surface area contributed by atoms with Gasteiger partial charge in [0.25, 0.3) is 0 Å². The Kier molecular flexibility index (Phi) is 1.56. The third-order valence-electron chi connectivity index (χ3n) is 2.07. The van der Waals surface area contributed by atoms with Gasteiger partial charge in [0.2, 0.25) is 0 Å². The first-order valence-electron chi connectivity index (χ1n) is 5.89. The molecular formula is C11H15N. The van der Waals surface area contributed by atoms with Crippen LogP contribution in [-0.4, -0.2) is 17.9 Å². The minimum atomic E-state index is -1.19. The highest BCUT2D eigenvalue weighted by Gasteiger charge is 2.10. The lowest BCUT2D eigenvalue weighted by Gasteiger charge is -2.13. The van der Waals surface area contributed by atoms with Gasteiger partial charge in [0, 0.05) is 9.29 Å². The van der Waals surface area contributed by atoms with Gasteiger partial charge in [0.1, 0.15) is 0 Å². The molecule has 0 aromatic heterocycles. The maximum absolute atomic E-state index is 7.79. The fourth-order valence-corrected chi connectivity index (χ4v) is 1.46. The normalized spacial score (nSPS) is 26.2. The second-order valence-corrected chi connectivity index (χ2v) is 3.07. The van der Waals surface area contributed by atoms with E-state index in [0.29, 0.717) is 19.0 Å². The molecule has 0 unspecified atom stereocenters. The highest BCUT2D eigenvalue weighted by atomic mass is 15.1. The van der Waals surface area contributed by atoms with Crippen molar-refractivity contribution < 1.29 is 4.11 Å². The van der Waals surface area contributed by atoms with Crippen molar-refractivity contribution in [3.8, 4) is 0 Å². The summed E-state index contributed by atoms with van der Waals surface area (Å²) in [4.78, 5) is 1.82. The first-order chi connectivity index (χ1) is 7.09. The molecule has 12 heavy (non-hydrogen) atoms. The van der Waals surface area contributed by atoms with Gasteiger partial charge in [-0.25, -0.2) is 0 Å². The van der Waals surface area contributed by atoms with Gasteiger partial charge in [0.05, 0.1) is 1.37 Å². The fraction of sp³-hybridized carbons (Fsp3) is 0.455. The van der Waals surface area contributed by atoms with E-state index < -0.39 is 6.50 Å². The van der Waals surface area contributed by atoms with Crippen LogP contribution in [0.15, 0.2) is 30.3 Å². The summed E-state index contributed by atoms with van der Waals surface area (Å²) < 4.78 is 23.3. The molecule has 1 heteroatoms. The van der Waals surface area contributed by atoms with Crippen LogP contribution < -0.4 is 0 Å². The summed E-state index contributed by atoms with van der Waals surface area (Å²) in [6.07, 6.45) is 1.51. The molecule has 1 aromatic carbocycles. The van der Waals surface area contributed by atoms with Crippen molar-refractivity contribution >= 4 is 0 Å². The van der Waals surface area contributed by atoms with E-state index in [4.69, 9.17) is 4.11 Å². The van der Waals surface area contributed by atoms with Crippen LogP contribution in [0, 0.1) is 0 Å². The van der Waals surface area contributed by atoms with E-state index in [2.05, 4.69) is 0 Å². The first-order valence-corrected chi connectivity index (χ1v) is 4.39. The summed E-state index contributed by atoms with van der Waals surface area (Å²) in [6, 6.07) is 7.89. The molecule has 0 spiro atoms. The molecule has 0 amide bonds. The molecule has 1 nitrogen and oxygen atoms in total. The molecule has 1 aliphatic heterocycles. The molecule has 1 saturated heterocycles. The summed E-state index contributed by atoms with van der Waals surface area (Å²) in [5, 5.41) is 0. The third-order valence-corrected chi connectivity index (χ3v) is 2.07. The molecule has 1 aromatic rings. The van der Waals surface area contributed by atoms with Gasteiger partial charge in [0.15, 0.2) is 0 Å². The number of likely N-dealkylation sites (tertiary alicyclic amines) is 1. The Morgan fingerprint density at radius 2 is 2.42 bits per heavy atom. The minimum Gasteiger partial charge on any atom is -0.299 e. The van der Waals surface area contributed by atoms with E-state index in [9.17, 15) is 0 Å². The number of nitrogens with zero attached hydrogens (tertiary/aromatic N) is 1. The zero-order chi connectivity index (χ0) is 10.9. The van der Waals surface area contributed by atoms with Crippen LogP contribution in [0.3, 0.4) is 0 Å². The predicted octanol–water partition coefficient (Wildman–Crippen LogP) is 2.28. The van der Waals surface area contributed by atoms with Crippen molar-refractivity contribution in [2.75, 3.05) is 13.0 Å². The second kappa shape index (κ2) is 3.72. The lowest BCUT2D eigenvalue weighted by Crippen LogP contribution is -2.18. The monoisotopic (exact) mass is 164 g/mol. The summed E-state index contributed by atoms with van der Waals surface area (Å²) in [6.45, 7) is 0.149. The molecule has 0 radical (unpaired) electrons. The van der Waals surface area contributed by atoms with Crippen LogP contribution in [0.2, 0.25) is 0 Å². The van der Waals surface area contributed by atoms with Crippen molar-refractivity contribution in [3.05, 3.63) is 35.9 Å². The maximum atomic E-state index is 7.79. The van der Waals surface area contributed by atoms with E-state index in [1.165, 1.54) is 0 Å². The molecule has 0 N–H and O–H groups in total. The first kappa shape index (κ1) is 5.03. The Morgan fingerprint density at radius 3 is 3.17 bits per heavy atom. The van der Waals surface area contributed by atoms with Crippen LogP contribution in [-0.2, 0) is 6.54 Å². The van der Waals surface area contributed by atoms with E-state index >= 15 is 0 Å². The van der Waals surface area contributed by atoms with Crippen LogP contribution in [0.4, 0.5) is 0 Å². The number of benzene rings is 1. The Hall–Kier alpha value is -0.820. The van der Waals surface area contributed by atoms with Gasteiger partial charge >= 0.3 is 0 Å². The minimum absolute atomic E-state index is 0.500. The van der Waals surface area contributed by atoms with Crippen molar-refractivity contribution in [2.45, 2.75) is 19.4 Å². The molecule has 0 bridgehead atoms. The van der Waals surface area contributed by atoms with E-state index in [0.717, 1.165) is 18.5 Å². The highest BCUT2D eigenvalue weighted by Crippen LogP contribution is 2.11. The van der Waals surface area contributed by atoms with Crippen molar-refractivity contribution in [1.82, 2.24) is 4.90 Å². The molecule has 1 fully saturated rings. The average molecular weight is 164 g/mol. The van der Waals surface area contributed by atoms with Gasteiger partial charge in [-0.3, -0.25) is 4.90 Å². The number of rotatable bonds is 2. The summed E-state index contributed by atoms with van der Waals surface area (Å²) in [5.41, 5.74) is 0.906. The quantitative estimate of drug-likeness (QED) is 0.648. The average Bonchev–Trinajstić information content (AvgIpc) is 2.50. The van der Waals surface area contributed by atoms with Gasteiger partial charge < -0.3 is 0 Å². The van der Waals surface area contributed by atoms with Crippen LogP contribution in [0.25, 0.3) is 0 Å². The zero-order valence-electron chi connectivity index (χ0n) is 10.1. The van der Waals surface area contributed by atoms with E-state index in [1.54, 1.807) is 6.07 Å². The van der Waals surface area contributed by atoms with Crippen LogP contribution in [0.1, 0.15) is 22.5 Å². The number of hydrogen-bond donors (Lipinski definition) is 0. The van der Waals surface area contributed by atoms with E-state index in [1.807, 2.05) is 23.1 Å². The lowest BCUT2D eigenvalue weighted by molar-refractivity contribution is 0.331. The number of hydrogen-bond acceptors (Lipinski definition) is 1. The molecule has 2 rings (SSSR count). The molecule has 0 atom stereocenters. The lowest BCUT2D eigenvalue weighted by atomic mass is 10.2. The Bertz CT molecular complexity index is 351. The van der Waals surface area contributed by atoms with Crippen molar-refractivity contribution in [1.29, 1.82) is 0 Å². The van der Waals surface area contributed by atoms with Gasteiger partial charge in [-0.15, -0.1) is 0 Å². The topological polar surface area (TPSA) is 3.24 Å². The van der Waals surface area contributed by atoms with Crippen molar-refractivity contribution in [3.63, 3.8) is 0 Å².